The topological polar surface area (TPSA) is 22.1 Å². The smallest absolute Gasteiger partial charge is 0.173 e. The van der Waals surface area contributed by atoms with Gasteiger partial charge in [-0.1, -0.05) is 47.5 Å². The van der Waals surface area contributed by atoms with Crippen molar-refractivity contribution in [2.45, 2.75) is 20.0 Å². The lowest BCUT2D eigenvalue weighted by molar-refractivity contribution is 0.245. The molecule has 1 aromatic heterocycles. The Labute approximate surface area is 104 Å². The Morgan fingerprint density at radius 2 is 1.69 bits per heavy atom. The van der Waals surface area contributed by atoms with Gasteiger partial charge in [-0.05, 0) is 13.8 Å². The van der Waals surface area contributed by atoms with E-state index in [2.05, 4.69) is 4.98 Å². The molecule has 0 bridgehead atoms. The summed E-state index contributed by atoms with van der Waals surface area (Å²) in [5, 5.41) is 2.44. The van der Waals surface area contributed by atoms with Gasteiger partial charge >= 0.3 is 0 Å². The van der Waals surface area contributed by atoms with Crippen LogP contribution < -0.4 is 4.74 Å². The van der Waals surface area contributed by atoms with Gasteiger partial charge in [0.15, 0.2) is 10.9 Å². The monoisotopic (exact) mass is 255 g/mol. The molecule has 84 valence electrons. The Morgan fingerprint density at radius 1 is 1.06 bits per heavy atom. The number of fused-ring (bicyclic) bond motifs is 1. The first-order valence-electron chi connectivity index (χ1n) is 5.00. The number of benzene rings is 1. The van der Waals surface area contributed by atoms with Gasteiger partial charge < -0.3 is 4.74 Å². The highest BCUT2D eigenvalue weighted by Gasteiger charge is 2.13. The molecule has 16 heavy (non-hydrogen) atoms. The highest BCUT2D eigenvalue weighted by Crippen LogP contribution is 2.35. The molecule has 0 radical (unpaired) electrons. The van der Waals surface area contributed by atoms with Gasteiger partial charge in [-0.25, -0.2) is 4.98 Å². The maximum absolute atomic E-state index is 6.03. The second-order valence-corrected chi connectivity index (χ2v) is 4.45. The molecule has 0 aliphatic carbocycles. The zero-order chi connectivity index (χ0) is 11.7. The van der Waals surface area contributed by atoms with E-state index < -0.39 is 0 Å². The van der Waals surface area contributed by atoms with E-state index in [4.69, 9.17) is 27.9 Å². The number of aromatic nitrogens is 1. The summed E-state index contributed by atoms with van der Waals surface area (Å²) in [5.41, 5.74) is 0. The highest BCUT2D eigenvalue weighted by atomic mass is 35.5. The fraction of sp³-hybridized carbons (Fsp3) is 0.250. The van der Waals surface area contributed by atoms with E-state index >= 15 is 0 Å². The molecule has 1 aromatic carbocycles. The zero-order valence-electron chi connectivity index (χ0n) is 9.00. The minimum Gasteiger partial charge on any atom is -0.487 e. The first kappa shape index (κ1) is 11.5. The second-order valence-electron chi connectivity index (χ2n) is 3.73. The molecule has 0 N–H and O–H groups in total. The predicted molar refractivity (Wildman–Crippen MR) is 67.5 cm³/mol. The van der Waals surface area contributed by atoms with Crippen molar-refractivity contribution in [1.29, 1.82) is 0 Å². The van der Waals surface area contributed by atoms with Crippen molar-refractivity contribution in [3.8, 4) is 5.75 Å². The molecule has 0 spiro atoms. The van der Waals surface area contributed by atoms with Crippen molar-refractivity contribution in [3.63, 3.8) is 0 Å². The molecular formula is C12H11Cl2NO. The lowest BCUT2D eigenvalue weighted by Crippen LogP contribution is -2.07. The Kier molecular flexibility index (Phi) is 3.22. The fourth-order valence-electron chi connectivity index (χ4n) is 1.52. The van der Waals surface area contributed by atoms with Crippen LogP contribution in [-0.2, 0) is 0 Å². The molecule has 0 fully saturated rings. The number of halogens is 2. The van der Waals surface area contributed by atoms with E-state index in [1.807, 2.05) is 38.1 Å². The number of nitrogens with zero attached hydrogens (tertiary/aromatic N) is 1. The lowest BCUT2D eigenvalue weighted by atomic mass is 10.1. The average molecular weight is 256 g/mol. The van der Waals surface area contributed by atoms with Gasteiger partial charge in [-0.2, -0.15) is 0 Å². The fourth-order valence-corrected chi connectivity index (χ4v) is 2.04. The molecule has 0 aliphatic heterocycles. The SMILES string of the molecule is CC(C)Oc1c(Cl)nc(Cl)c2ccccc12. The van der Waals surface area contributed by atoms with Crippen LogP contribution >= 0.6 is 23.2 Å². The largest absolute Gasteiger partial charge is 0.487 e. The van der Waals surface area contributed by atoms with Crippen LogP contribution in [0.3, 0.4) is 0 Å². The summed E-state index contributed by atoms with van der Waals surface area (Å²) in [6, 6.07) is 7.64. The molecule has 0 atom stereocenters. The van der Waals surface area contributed by atoms with Crippen LogP contribution in [0.1, 0.15) is 13.8 Å². The van der Waals surface area contributed by atoms with E-state index in [0.717, 1.165) is 10.8 Å². The number of hydrogen-bond donors (Lipinski definition) is 0. The third-order valence-electron chi connectivity index (χ3n) is 2.13. The molecule has 4 heteroatoms. The summed E-state index contributed by atoms with van der Waals surface area (Å²) >= 11 is 12.1. The van der Waals surface area contributed by atoms with Crippen molar-refractivity contribution >= 4 is 34.0 Å². The molecule has 2 nitrogen and oxygen atoms in total. The van der Waals surface area contributed by atoms with Crippen molar-refractivity contribution in [2.75, 3.05) is 0 Å². The van der Waals surface area contributed by atoms with Gasteiger partial charge in [0.25, 0.3) is 0 Å². The maximum Gasteiger partial charge on any atom is 0.173 e. The molecule has 0 aliphatic rings. The van der Waals surface area contributed by atoms with E-state index in [1.165, 1.54) is 0 Å². The van der Waals surface area contributed by atoms with Crippen LogP contribution in [0.2, 0.25) is 10.3 Å². The third kappa shape index (κ3) is 2.08. The lowest BCUT2D eigenvalue weighted by Gasteiger charge is -2.14. The van der Waals surface area contributed by atoms with E-state index in [-0.39, 0.29) is 6.10 Å². The van der Waals surface area contributed by atoms with Gasteiger partial charge in [0, 0.05) is 10.8 Å². The zero-order valence-corrected chi connectivity index (χ0v) is 10.5. The van der Waals surface area contributed by atoms with E-state index in [9.17, 15) is 0 Å². The number of rotatable bonds is 2. The molecule has 2 aromatic rings. The number of hydrogen-bond acceptors (Lipinski definition) is 2. The van der Waals surface area contributed by atoms with Gasteiger partial charge in [0.05, 0.1) is 6.10 Å². The van der Waals surface area contributed by atoms with Gasteiger partial charge in [0.2, 0.25) is 0 Å². The summed E-state index contributed by atoms with van der Waals surface area (Å²) in [5.74, 6) is 0.594. The summed E-state index contributed by atoms with van der Waals surface area (Å²) in [6.45, 7) is 3.89. The highest BCUT2D eigenvalue weighted by molar-refractivity contribution is 6.37. The molecular weight excluding hydrogens is 245 g/mol. The Hall–Kier alpha value is -0.990. The second kappa shape index (κ2) is 4.48. The molecule has 2 rings (SSSR count). The molecule has 0 unspecified atom stereocenters. The normalized spacial score (nSPS) is 11.1. The summed E-state index contributed by atoms with van der Waals surface area (Å²) < 4.78 is 5.66. The van der Waals surface area contributed by atoms with Crippen LogP contribution in [-0.4, -0.2) is 11.1 Å². The minimum absolute atomic E-state index is 0.0453. The van der Waals surface area contributed by atoms with Crippen molar-refractivity contribution in [1.82, 2.24) is 4.98 Å². The minimum atomic E-state index is 0.0453. The Bertz CT molecular complexity index is 526. The van der Waals surface area contributed by atoms with Gasteiger partial charge in [-0.15, -0.1) is 0 Å². The average Bonchev–Trinajstić information content (AvgIpc) is 2.24. The summed E-state index contributed by atoms with van der Waals surface area (Å²) in [6.07, 6.45) is 0.0453. The molecule has 1 heterocycles. The predicted octanol–water partition coefficient (Wildman–Crippen LogP) is 4.33. The van der Waals surface area contributed by atoms with Gasteiger partial charge in [-0.3, -0.25) is 0 Å². The number of pyridine rings is 1. The van der Waals surface area contributed by atoms with Gasteiger partial charge in [0.1, 0.15) is 5.15 Å². The van der Waals surface area contributed by atoms with Crippen LogP contribution in [0.25, 0.3) is 10.8 Å². The quantitative estimate of drug-likeness (QED) is 0.746. The van der Waals surface area contributed by atoms with Crippen molar-refractivity contribution in [2.24, 2.45) is 0 Å². The van der Waals surface area contributed by atoms with Crippen LogP contribution in [0.4, 0.5) is 0 Å². The summed E-state index contributed by atoms with van der Waals surface area (Å²) in [4.78, 5) is 4.06. The first-order chi connectivity index (χ1) is 7.59. The van der Waals surface area contributed by atoms with E-state index in [1.54, 1.807) is 0 Å². The molecule has 0 amide bonds. The van der Waals surface area contributed by atoms with Crippen LogP contribution in [0.5, 0.6) is 5.75 Å². The maximum atomic E-state index is 6.03. The Balaban J connectivity index is 2.71. The van der Waals surface area contributed by atoms with Crippen molar-refractivity contribution in [3.05, 3.63) is 34.6 Å². The first-order valence-corrected chi connectivity index (χ1v) is 5.75. The third-order valence-corrected chi connectivity index (χ3v) is 2.68. The van der Waals surface area contributed by atoms with Crippen LogP contribution in [0, 0.1) is 0 Å². The molecule has 0 saturated carbocycles. The van der Waals surface area contributed by atoms with Crippen LogP contribution in [0.15, 0.2) is 24.3 Å². The van der Waals surface area contributed by atoms with Crippen molar-refractivity contribution < 1.29 is 4.74 Å². The standard InChI is InChI=1S/C12H11Cl2NO/c1-7(2)16-10-8-5-3-4-6-9(8)11(13)15-12(10)14/h3-7H,1-2H3. The Morgan fingerprint density at radius 3 is 2.31 bits per heavy atom. The number of ether oxygens (including phenoxy) is 1. The summed E-state index contributed by atoms with van der Waals surface area (Å²) in [7, 11) is 0. The van der Waals surface area contributed by atoms with E-state index in [0.29, 0.717) is 16.1 Å². The molecule has 0 saturated heterocycles.